The summed E-state index contributed by atoms with van der Waals surface area (Å²) >= 11 is 0. The highest BCUT2D eigenvalue weighted by molar-refractivity contribution is 4.93. The van der Waals surface area contributed by atoms with Crippen molar-refractivity contribution in [3.05, 3.63) is 0 Å². The second-order valence-corrected chi connectivity index (χ2v) is 6.50. The first-order valence-corrected chi connectivity index (χ1v) is 8.10. The van der Waals surface area contributed by atoms with Gasteiger partial charge in [0.1, 0.15) is 0 Å². The quantitative estimate of drug-likeness (QED) is 0.825. The van der Waals surface area contributed by atoms with E-state index in [2.05, 4.69) is 13.8 Å². The van der Waals surface area contributed by atoms with Gasteiger partial charge in [-0.15, -0.1) is 0 Å². The van der Waals surface area contributed by atoms with Crippen molar-refractivity contribution < 1.29 is 4.74 Å². The lowest BCUT2D eigenvalue weighted by Gasteiger charge is -2.46. The van der Waals surface area contributed by atoms with Crippen LogP contribution in [0.1, 0.15) is 71.6 Å². The van der Waals surface area contributed by atoms with Gasteiger partial charge in [0.15, 0.2) is 0 Å². The molecule has 0 radical (unpaired) electrons. The van der Waals surface area contributed by atoms with Crippen LogP contribution < -0.4 is 5.73 Å². The Bertz CT molecular complexity index is 238. The normalized spacial score (nSPS) is 29.7. The lowest BCUT2D eigenvalue weighted by atomic mass is 9.71. The van der Waals surface area contributed by atoms with Gasteiger partial charge in [-0.05, 0) is 37.5 Å². The van der Waals surface area contributed by atoms with Gasteiger partial charge in [0.25, 0.3) is 0 Å². The van der Waals surface area contributed by atoms with E-state index in [-0.39, 0.29) is 5.60 Å². The van der Waals surface area contributed by atoms with Crippen molar-refractivity contribution in [1.29, 1.82) is 0 Å². The van der Waals surface area contributed by atoms with Gasteiger partial charge in [-0.2, -0.15) is 0 Å². The van der Waals surface area contributed by atoms with Crippen LogP contribution >= 0.6 is 0 Å². The van der Waals surface area contributed by atoms with Crippen molar-refractivity contribution in [2.45, 2.75) is 83.3 Å². The Labute approximate surface area is 113 Å². The average Bonchev–Trinajstić information content (AvgIpc) is 2.41. The lowest BCUT2D eigenvalue weighted by molar-refractivity contribution is -0.122. The van der Waals surface area contributed by atoms with Crippen LogP contribution in [0.5, 0.6) is 0 Å². The van der Waals surface area contributed by atoms with Crippen LogP contribution in [-0.2, 0) is 4.74 Å². The molecule has 0 aromatic heterocycles. The topological polar surface area (TPSA) is 35.2 Å². The number of ether oxygens (including phenoxy) is 1. The molecule has 2 nitrogen and oxygen atoms in total. The second-order valence-electron chi connectivity index (χ2n) is 6.50. The molecule has 18 heavy (non-hydrogen) atoms. The Morgan fingerprint density at radius 2 is 1.83 bits per heavy atom. The molecule has 0 aromatic rings. The maximum Gasteiger partial charge on any atom is 0.0685 e. The molecule has 2 fully saturated rings. The third kappa shape index (κ3) is 3.08. The van der Waals surface area contributed by atoms with Gasteiger partial charge in [0.05, 0.1) is 5.60 Å². The zero-order valence-corrected chi connectivity index (χ0v) is 12.3. The minimum atomic E-state index is 0.213. The van der Waals surface area contributed by atoms with Gasteiger partial charge < -0.3 is 10.5 Å². The molecular weight excluding hydrogens is 222 g/mol. The standard InChI is InChI=1S/C16H31NO/c1-3-13(4-2)15(17)14-8-11-18-16(12-14)9-6-5-7-10-16/h13-15H,3-12,17H2,1-2H3. The van der Waals surface area contributed by atoms with Crippen LogP contribution in [-0.4, -0.2) is 18.2 Å². The van der Waals surface area contributed by atoms with Crippen LogP contribution in [0.2, 0.25) is 0 Å². The summed E-state index contributed by atoms with van der Waals surface area (Å²) in [5.74, 6) is 1.40. The molecule has 2 heteroatoms. The summed E-state index contributed by atoms with van der Waals surface area (Å²) in [5, 5.41) is 0. The van der Waals surface area contributed by atoms with Crippen molar-refractivity contribution in [3.8, 4) is 0 Å². The predicted molar refractivity (Wildman–Crippen MR) is 76.5 cm³/mol. The molecule has 2 rings (SSSR count). The predicted octanol–water partition coefficient (Wildman–Crippen LogP) is 3.88. The number of hydrogen-bond acceptors (Lipinski definition) is 2. The average molecular weight is 253 g/mol. The van der Waals surface area contributed by atoms with Gasteiger partial charge in [0, 0.05) is 12.6 Å². The minimum Gasteiger partial charge on any atom is -0.375 e. The summed E-state index contributed by atoms with van der Waals surface area (Å²) in [6.45, 7) is 5.51. The van der Waals surface area contributed by atoms with Crippen molar-refractivity contribution in [2.24, 2.45) is 17.6 Å². The Morgan fingerprint density at radius 1 is 1.17 bits per heavy atom. The largest absolute Gasteiger partial charge is 0.375 e. The van der Waals surface area contributed by atoms with E-state index in [0.717, 1.165) is 6.61 Å². The number of nitrogens with two attached hydrogens (primary N) is 1. The van der Waals surface area contributed by atoms with Gasteiger partial charge >= 0.3 is 0 Å². The molecule has 1 heterocycles. The molecule has 0 bridgehead atoms. The van der Waals surface area contributed by atoms with Gasteiger partial charge in [-0.3, -0.25) is 0 Å². The molecule has 1 saturated heterocycles. The highest BCUT2D eigenvalue weighted by atomic mass is 16.5. The summed E-state index contributed by atoms with van der Waals surface area (Å²) < 4.78 is 6.18. The van der Waals surface area contributed by atoms with Gasteiger partial charge in [-0.1, -0.05) is 46.0 Å². The number of rotatable bonds is 4. The van der Waals surface area contributed by atoms with Crippen molar-refractivity contribution in [3.63, 3.8) is 0 Å². The molecule has 0 amide bonds. The fourth-order valence-electron chi connectivity index (χ4n) is 4.16. The maximum atomic E-state index is 6.55. The van der Waals surface area contributed by atoms with Crippen molar-refractivity contribution >= 4 is 0 Å². The van der Waals surface area contributed by atoms with Gasteiger partial charge in [-0.25, -0.2) is 0 Å². The third-order valence-corrected chi connectivity index (χ3v) is 5.43. The summed E-state index contributed by atoms with van der Waals surface area (Å²) in [5.41, 5.74) is 6.76. The molecule has 2 N–H and O–H groups in total. The Kier molecular flexibility index (Phi) is 5.08. The third-order valence-electron chi connectivity index (χ3n) is 5.43. The zero-order valence-electron chi connectivity index (χ0n) is 12.3. The van der Waals surface area contributed by atoms with E-state index in [4.69, 9.17) is 10.5 Å². The molecular formula is C16H31NO. The molecule has 2 atom stereocenters. The molecule has 1 aliphatic heterocycles. The summed E-state index contributed by atoms with van der Waals surface area (Å²) in [4.78, 5) is 0. The first-order chi connectivity index (χ1) is 8.71. The minimum absolute atomic E-state index is 0.213. The maximum absolute atomic E-state index is 6.55. The Morgan fingerprint density at radius 3 is 2.44 bits per heavy atom. The van der Waals surface area contributed by atoms with Crippen LogP contribution in [0.15, 0.2) is 0 Å². The summed E-state index contributed by atoms with van der Waals surface area (Å²) in [6.07, 6.45) is 11.5. The van der Waals surface area contributed by atoms with Crippen molar-refractivity contribution in [2.75, 3.05) is 6.61 Å². The monoisotopic (exact) mass is 253 g/mol. The lowest BCUT2D eigenvalue weighted by Crippen LogP contribution is -2.48. The molecule has 1 aliphatic carbocycles. The second kappa shape index (κ2) is 6.38. The molecule has 2 unspecified atom stereocenters. The van der Waals surface area contributed by atoms with Crippen LogP contribution in [0, 0.1) is 11.8 Å². The van der Waals surface area contributed by atoms with Crippen LogP contribution in [0.25, 0.3) is 0 Å². The van der Waals surface area contributed by atoms with Crippen LogP contribution in [0.3, 0.4) is 0 Å². The fraction of sp³-hybridized carbons (Fsp3) is 1.00. The summed E-state index contributed by atoms with van der Waals surface area (Å²) in [7, 11) is 0. The first kappa shape index (κ1) is 14.3. The molecule has 1 spiro atoms. The number of hydrogen-bond donors (Lipinski definition) is 1. The van der Waals surface area contributed by atoms with Crippen LogP contribution in [0.4, 0.5) is 0 Å². The van der Waals surface area contributed by atoms with E-state index < -0.39 is 0 Å². The van der Waals surface area contributed by atoms with E-state index in [9.17, 15) is 0 Å². The molecule has 1 saturated carbocycles. The molecule has 106 valence electrons. The SMILES string of the molecule is CCC(CC)C(N)C1CCOC2(CCCCC2)C1. The summed E-state index contributed by atoms with van der Waals surface area (Å²) in [6, 6.07) is 0.391. The van der Waals surface area contributed by atoms with E-state index in [1.165, 1.54) is 57.8 Å². The highest BCUT2D eigenvalue weighted by Crippen LogP contribution is 2.42. The fourth-order valence-corrected chi connectivity index (χ4v) is 4.16. The van der Waals surface area contributed by atoms with E-state index in [1.807, 2.05) is 0 Å². The smallest absolute Gasteiger partial charge is 0.0685 e. The Hall–Kier alpha value is -0.0800. The Balaban J connectivity index is 1.97. The van der Waals surface area contributed by atoms with E-state index in [1.54, 1.807) is 0 Å². The van der Waals surface area contributed by atoms with Gasteiger partial charge in [0.2, 0.25) is 0 Å². The molecule has 0 aromatic carbocycles. The van der Waals surface area contributed by atoms with E-state index >= 15 is 0 Å². The first-order valence-electron chi connectivity index (χ1n) is 8.10. The van der Waals surface area contributed by atoms with E-state index in [0.29, 0.717) is 17.9 Å². The molecule has 2 aliphatic rings. The zero-order chi connectivity index (χ0) is 13.0. The highest BCUT2D eigenvalue weighted by Gasteiger charge is 2.40. The van der Waals surface area contributed by atoms with Crippen molar-refractivity contribution in [1.82, 2.24) is 0 Å².